The van der Waals surface area contributed by atoms with Gasteiger partial charge in [0.25, 0.3) is 11.8 Å². The Balaban J connectivity index is 0.880. The predicted molar refractivity (Wildman–Crippen MR) is 177 cm³/mol. The molecule has 3 fully saturated rings. The minimum absolute atomic E-state index is 0.0720. The summed E-state index contributed by atoms with van der Waals surface area (Å²) in [5.74, 6) is -2.02. The second kappa shape index (κ2) is 13.8. The highest BCUT2D eigenvalue weighted by Gasteiger charge is 2.45. The van der Waals surface area contributed by atoms with Crippen LogP contribution in [0.5, 0.6) is 5.75 Å². The normalized spacial score (nSPS) is 20.7. The van der Waals surface area contributed by atoms with Crippen LogP contribution >= 0.6 is 0 Å². The minimum Gasteiger partial charge on any atom is -0.492 e. The van der Waals surface area contributed by atoms with Crippen LogP contribution in [0.3, 0.4) is 0 Å². The van der Waals surface area contributed by atoms with Crippen molar-refractivity contribution in [3.8, 4) is 5.75 Å². The lowest BCUT2D eigenvalue weighted by Crippen LogP contribution is -2.57. The molecule has 0 radical (unpaired) electrons. The van der Waals surface area contributed by atoms with E-state index in [1.807, 2.05) is 54.6 Å². The van der Waals surface area contributed by atoms with Crippen LogP contribution in [0, 0.1) is 0 Å². The summed E-state index contributed by atoms with van der Waals surface area (Å²) >= 11 is 0. The first-order chi connectivity index (χ1) is 23.8. The Bertz CT molecular complexity index is 1750. The van der Waals surface area contributed by atoms with Crippen LogP contribution < -0.4 is 15.0 Å². The molecule has 3 aromatic rings. The molecule has 7 rings (SSSR count). The first kappa shape index (κ1) is 32.5. The smallest absolute Gasteiger partial charge is 0.338 e. The summed E-state index contributed by atoms with van der Waals surface area (Å²) in [5, 5.41) is 2.21. The van der Waals surface area contributed by atoms with Crippen molar-refractivity contribution in [1.29, 1.82) is 0 Å². The maximum Gasteiger partial charge on any atom is 0.338 e. The number of ether oxygens (including phenoxy) is 3. The number of nitrogens with one attached hydrogen (secondary N) is 1. The lowest BCUT2D eigenvalue weighted by atomic mass is 9.89. The van der Waals surface area contributed by atoms with Gasteiger partial charge in [-0.15, -0.1) is 0 Å². The Morgan fingerprint density at radius 3 is 2.41 bits per heavy atom. The van der Waals surface area contributed by atoms with E-state index >= 15 is 0 Å². The Labute approximate surface area is 283 Å². The van der Waals surface area contributed by atoms with Gasteiger partial charge in [-0.25, -0.2) is 4.79 Å². The first-order valence-electron chi connectivity index (χ1n) is 16.7. The molecule has 4 heterocycles. The van der Waals surface area contributed by atoms with Crippen LogP contribution in [0.15, 0.2) is 72.8 Å². The Morgan fingerprint density at radius 2 is 1.65 bits per heavy atom. The summed E-state index contributed by atoms with van der Waals surface area (Å²) < 4.78 is 17.8. The van der Waals surface area contributed by atoms with Gasteiger partial charge in [-0.3, -0.25) is 34.3 Å². The topological polar surface area (TPSA) is 135 Å². The molecule has 12 heteroatoms. The fourth-order valence-electron chi connectivity index (χ4n) is 7.04. The number of imide groups is 2. The number of nitrogens with zero attached hydrogens (tertiary/aromatic N) is 3. The molecule has 1 N–H and O–H groups in total. The maximum atomic E-state index is 13.1. The molecule has 3 saturated heterocycles. The number of rotatable bonds is 9. The highest BCUT2D eigenvalue weighted by atomic mass is 16.5. The van der Waals surface area contributed by atoms with E-state index in [4.69, 9.17) is 14.2 Å². The van der Waals surface area contributed by atoms with Crippen molar-refractivity contribution in [2.45, 2.75) is 43.9 Å². The molecule has 49 heavy (non-hydrogen) atoms. The first-order valence-corrected chi connectivity index (χ1v) is 16.7. The van der Waals surface area contributed by atoms with Crippen LogP contribution in [-0.2, 0) is 25.7 Å². The number of hydrogen-bond donors (Lipinski definition) is 1. The summed E-state index contributed by atoms with van der Waals surface area (Å²) in [4.78, 5) is 68.1. The van der Waals surface area contributed by atoms with Gasteiger partial charge < -0.3 is 19.1 Å². The zero-order chi connectivity index (χ0) is 34.0. The Morgan fingerprint density at radius 1 is 0.898 bits per heavy atom. The van der Waals surface area contributed by atoms with E-state index in [0.717, 1.165) is 55.2 Å². The van der Waals surface area contributed by atoms with Crippen molar-refractivity contribution in [1.82, 2.24) is 15.1 Å². The largest absolute Gasteiger partial charge is 0.492 e. The van der Waals surface area contributed by atoms with Gasteiger partial charge in [0.05, 0.1) is 28.9 Å². The Kier molecular flexibility index (Phi) is 9.15. The van der Waals surface area contributed by atoms with Gasteiger partial charge in [0.2, 0.25) is 11.8 Å². The van der Waals surface area contributed by atoms with Crippen LogP contribution in [0.4, 0.5) is 5.69 Å². The molecule has 0 bridgehead atoms. The van der Waals surface area contributed by atoms with Crippen molar-refractivity contribution < 1.29 is 38.2 Å². The highest BCUT2D eigenvalue weighted by Crippen LogP contribution is 2.33. The molecular weight excluding hydrogens is 628 g/mol. The average molecular weight is 667 g/mol. The van der Waals surface area contributed by atoms with Crippen molar-refractivity contribution in [3.63, 3.8) is 0 Å². The summed E-state index contributed by atoms with van der Waals surface area (Å²) in [6.45, 7) is 5.17. The number of morpholine rings is 1. The lowest BCUT2D eigenvalue weighted by molar-refractivity contribution is -0.136. The minimum atomic E-state index is -1.00. The monoisotopic (exact) mass is 666 g/mol. The van der Waals surface area contributed by atoms with E-state index in [1.54, 1.807) is 18.2 Å². The lowest BCUT2D eigenvalue weighted by Gasteiger charge is -2.47. The molecule has 254 valence electrons. The molecular formula is C37H38N4O8. The van der Waals surface area contributed by atoms with E-state index in [9.17, 15) is 24.0 Å². The third kappa shape index (κ3) is 6.92. The number of fused-ring (bicyclic) bond motifs is 1. The highest BCUT2D eigenvalue weighted by molar-refractivity contribution is 6.23. The molecule has 3 aromatic carbocycles. The van der Waals surface area contributed by atoms with Gasteiger partial charge in [-0.2, -0.15) is 0 Å². The third-order valence-corrected chi connectivity index (χ3v) is 9.77. The summed E-state index contributed by atoms with van der Waals surface area (Å²) in [5.41, 5.74) is 2.71. The molecule has 12 nitrogen and oxygen atoms in total. The van der Waals surface area contributed by atoms with E-state index in [1.165, 1.54) is 0 Å². The number of anilines is 1. The fraction of sp³-hybridized carbons (Fsp3) is 0.378. The molecule has 0 aliphatic carbocycles. The van der Waals surface area contributed by atoms with E-state index in [2.05, 4.69) is 15.1 Å². The van der Waals surface area contributed by atoms with Crippen molar-refractivity contribution in [2.24, 2.45) is 0 Å². The predicted octanol–water partition coefficient (Wildman–Crippen LogP) is 3.20. The standard InChI is InChI=1S/C37H38N4O8/c42-32-13-12-31(33(43)38-32)41-34(44)29-11-10-28(22-30(29)35(41)45)47-20-18-39-19-21-49-37(24-39)14-16-40(17-15-37)27-8-6-26(7-9-27)36(46)48-23-25-4-2-1-3-5-25/h1-11,22,31H,12-21,23-24H2,(H,38,42,43). The molecule has 4 aliphatic rings. The van der Waals surface area contributed by atoms with E-state index in [0.29, 0.717) is 31.1 Å². The van der Waals surface area contributed by atoms with Crippen LogP contribution in [-0.4, -0.2) is 97.0 Å². The second-order valence-corrected chi connectivity index (χ2v) is 12.9. The molecule has 4 amide bonds. The maximum absolute atomic E-state index is 13.1. The van der Waals surface area contributed by atoms with Gasteiger partial charge in [0.15, 0.2) is 0 Å². The Hall–Kier alpha value is -5.07. The van der Waals surface area contributed by atoms with Crippen molar-refractivity contribution >= 4 is 35.3 Å². The number of carbonyl (C=O) groups is 5. The number of amides is 4. The number of benzene rings is 3. The van der Waals surface area contributed by atoms with Crippen molar-refractivity contribution in [2.75, 3.05) is 50.8 Å². The summed E-state index contributed by atoms with van der Waals surface area (Å²) in [6, 6.07) is 20.9. The molecule has 1 spiro atoms. The number of hydrogen-bond acceptors (Lipinski definition) is 10. The zero-order valence-electron chi connectivity index (χ0n) is 27.1. The van der Waals surface area contributed by atoms with E-state index < -0.39 is 29.7 Å². The van der Waals surface area contributed by atoms with Gasteiger partial charge in [0, 0.05) is 44.8 Å². The zero-order valence-corrected chi connectivity index (χ0v) is 27.1. The molecule has 0 aromatic heterocycles. The fourth-order valence-corrected chi connectivity index (χ4v) is 7.04. The number of esters is 1. The quantitative estimate of drug-likeness (QED) is 0.268. The molecule has 0 saturated carbocycles. The third-order valence-electron chi connectivity index (χ3n) is 9.77. The summed E-state index contributed by atoms with van der Waals surface area (Å²) in [6.07, 6.45) is 1.92. The van der Waals surface area contributed by atoms with Gasteiger partial charge in [-0.1, -0.05) is 30.3 Å². The second-order valence-electron chi connectivity index (χ2n) is 12.9. The van der Waals surface area contributed by atoms with Gasteiger partial charge >= 0.3 is 5.97 Å². The van der Waals surface area contributed by atoms with Crippen molar-refractivity contribution in [3.05, 3.63) is 95.1 Å². The van der Waals surface area contributed by atoms with Gasteiger partial charge in [-0.05, 0) is 67.3 Å². The molecule has 1 atom stereocenters. The molecule has 1 unspecified atom stereocenters. The van der Waals surface area contributed by atoms with Crippen LogP contribution in [0.2, 0.25) is 0 Å². The van der Waals surface area contributed by atoms with E-state index in [-0.39, 0.29) is 42.1 Å². The van der Waals surface area contributed by atoms with Gasteiger partial charge in [0.1, 0.15) is 25.0 Å². The molecule has 4 aliphatic heterocycles. The number of piperidine rings is 2. The average Bonchev–Trinajstić information content (AvgIpc) is 3.36. The van der Waals surface area contributed by atoms with Crippen LogP contribution in [0.25, 0.3) is 0 Å². The SMILES string of the molecule is O=C1CCC(N2C(=O)c3ccc(OCCN4CCOC5(CCN(c6ccc(C(=O)OCc7ccccc7)cc6)CC5)C4)cc3C2=O)C(=O)N1. The summed E-state index contributed by atoms with van der Waals surface area (Å²) in [7, 11) is 0. The van der Waals surface area contributed by atoms with Crippen LogP contribution in [0.1, 0.15) is 62.3 Å². The number of carbonyl (C=O) groups excluding carboxylic acids is 5.